The highest BCUT2D eigenvalue weighted by Crippen LogP contribution is 2.36. The molecule has 1 saturated carbocycles. The SMILES string of the molecule is CCCCCc1ccc(-c2ccc(C3CCC(C#N)CC3)cc2)cc1. The van der Waals surface area contributed by atoms with Crippen molar-refractivity contribution in [3.8, 4) is 17.2 Å². The molecule has 0 N–H and O–H groups in total. The first-order valence-corrected chi connectivity index (χ1v) is 9.89. The van der Waals surface area contributed by atoms with Gasteiger partial charge in [-0.3, -0.25) is 0 Å². The monoisotopic (exact) mass is 331 g/mol. The average Bonchev–Trinajstić information content (AvgIpc) is 2.69. The smallest absolute Gasteiger partial charge is 0.0655 e. The van der Waals surface area contributed by atoms with Crippen LogP contribution in [0.25, 0.3) is 11.1 Å². The topological polar surface area (TPSA) is 23.8 Å². The van der Waals surface area contributed by atoms with Gasteiger partial charge in [0.25, 0.3) is 0 Å². The van der Waals surface area contributed by atoms with Gasteiger partial charge in [0, 0.05) is 5.92 Å². The molecule has 0 unspecified atom stereocenters. The second kappa shape index (κ2) is 8.86. The van der Waals surface area contributed by atoms with E-state index < -0.39 is 0 Å². The number of nitriles is 1. The second-order valence-corrected chi connectivity index (χ2v) is 7.45. The van der Waals surface area contributed by atoms with Gasteiger partial charge in [0.2, 0.25) is 0 Å². The summed E-state index contributed by atoms with van der Waals surface area (Å²) in [4.78, 5) is 0. The largest absolute Gasteiger partial charge is 0.198 e. The van der Waals surface area contributed by atoms with Gasteiger partial charge in [0.15, 0.2) is 0 Å². The molecule has 0 radical (unpaired) electrons. The molecular weight excluding hydrogens is 302 g/mol. The Kier molecular flexibility index (Phi) is 6.29. The number of unbranched alkanes of at least 4 members (excludes halogenated alkanes) is 2. The summed E-state index contributed by atoms with van der Waals surface area (Å²) in [5.41, 5.74) is 5.49. The lowest BCUT2D eigenvalue weighted by atomic mass is 9.79. The number of nitrogens with zero attached hydrogens (tertiary/aromatic N) is 1. The van der Waals surface area contributed by atoms with Crippen LogP contribution in [0.3, 0.4) is 0 Å². The highest BCUT2D eigenvalue weighted by molar-refractivity contribution is 5.64. The van der Waals surface area contributed by atoms with E-state index in [1.165, 1.54) is 47.9 Å². The van der Waals surface area contributed by atoms with Crippen molar-refractivity contribution >= 4 is 0 Å². The van der Waals surface area contributed by atoms with Crippen LogP contribution < -0.4 is 0 Å². The highest BCUT2D eigenvalue weighted by atomic mass is 14.3. The van der Waals surface area contributed by atoms with Gasteiger partial charge >= 0.3 is 0 Å². The Morgan fingerprint density at radius 1 is 0.840 bits per heavy atom. The summed E-state index contributed by atoms with van der Waals surface area (Å²) in [5, 5.41) is 9.04. The Labute approximate surface area is 152 Å². The first-order valence-electron chi connectivity index (χ1n) is 9.89. The molecule has 25 heavy (non-hydrogen) atoms. The number of hydrogen-bond acceptors (Lipinski definition) is 1. The first kappa shape index (κ1) is 17.7. The van der Waals surface area contributed by atoms with Crippen LogP contribution >= 0.6 is 0 Å². The van der Waals surface area contributed by atoms with Crippen LogP contribution in [0.5, 0.6) is 0 Å². The minimum atomic E-state index is 0.284. The summed E-state index contributed by atoms with van der Waals surface area (Å²) in [6, 6.07) is 20.6. The second-order valence-electron chi connectivity index (χ2n) is 7.45. The van der Waals surface area contributed by atoms with Gasteiger partial charge in [0.1, 0.15) is 0 Å². The lowest BCUT2D eigenvalue weighted by molar-refractivity contribution is 0.382. The lowest BCUT2D eigenvalue weighted by Gasteiger charge is -2.25. The maximum Gasteiger partial charge on any atom is 0.0655 e. The van der Waals surface area contributed by atoms with Crippen LogP contribution in [0.2, 0.25) is 0 Å². The Bertz CT molecular complexity index is 682. The van der Waals surface area contributed by atoms with Crippen molar-refractivity contribution < 1.29 is 0 Å². The molecule has 2 aromatic carbocycles. The van der Waals surface area contributed by atoms with Crippen LogP contribution in [0.15, 0.2) is 48.5 Å². The van der Waals surface area contributed by atoms with Crippen LogP contribution in [0, 0.1) is 17.2 Å². The normalized spacial score (nSPS) is 20.2. The van der Waals surface area contributed by atoms with Crippen molar-refractivity contribution in [2.24, 2.45) is 5.92 Å². The van der Waals surface area contributed by atoms with E-state index in [2.05, 4.69) is 61.5 Å². The van der Waals surface area contributed by atoms with Gasteiger partial charge in [-0.05, 0) is 66.7 Å². The molecular formula is C24H29N. The summed E-state index contributed by atoms with van der Waals surface area (Å²) in [6.45, 7) is 2.25. The lowest BCUT2D eigenvalue weighted by Crippen LogP contribution is -2.11. The molecule has 1 aliphatic carbocycles. The zero-order valence-electron chi connectivity index (χ0n) is 15.4. The number of hydrogen-bond donors (Lipinski definition) is 0. The van der Waals surface area contributed by atoms with E-state index >= 15 is 0 Å². The third kappa shape index (κ3) is 4.73. The number of benzene rings is 2. The van der Waals surface area contributed by atoms with Crippen molar-refractivity contribution in [1.82, 2.24) is 0 Å². The van der Waals surface area contributed by atoms with Crippen LogP contribution in [-0.2, 0) is 6.42 Å². The average molecular weight is 332 g/mol. The predicted octanol–water partition coefficient (Wildman–Crippen LogP) is 6.88. The molecule has 3 rings (SSSR count). The minimum absolute atomic E-state index is 0.284. The third-order valence-electron chi connectivity index (χ3n) is 5.65. The molecule has 0 aromatic heterocycles. The Morgan fingerprint density at radius 2 is 1.44 bits per heavy atom. The van der Waals surface area contributed by atoms with Crippen molar-refractivity contribution in [1.29, 1.82) is 5.26 Å². The zero-order chi connectivity index (χ0) is 17.5. The van der Waals surface area contributed by atoms with E-state index in [0.29, 0.717) is 5.92 Å². The Balaban J connectivity index is 1.61. The van der Waals surface area contributed by atoms with Crippen molar-refractivity contribution in [3.63, 3.8) is 0 Å². The fourth-order valence-electron chi connectivity index (χ4n) is 3.95. The van der Waals surface area contributed by atoms with E-state index in [-0.39, 0.29) is 5.92 Å². The molecule has 0 spiro atoms. The molecule has 0 amide bonds. The molecule has 0 aliphatic heterocycles. The molecule has 0 saturated heterocycles. The van der Waals surface area contributed by atoms with Gasteiger partial charge < -0.3 is 0 Å². The van der Waals surface area contributed by atoms with Gasteiger partial charge in [-0.1, -0.05) is 68.3 Å². The minimum Gasteiger partial charge on any atom is -0.198 e. The molecule has 0 heterocycles. The summed E-state index contributed by atoms with van der Waals surface area (Å²) in [7, 11) is 0. The Hall–Kier alpha value is -2.07. The summed E-state index contributed by atoms with van der Waals surface area (Å²) < 4.78 is 0. The molecule has 1 aliphatic rings. The number of rotatable bonds is 6. The summed E-state index contributed by atoms with van der Waals surface area (Å²) in [5.74, 6) is 0.922. The number of aryl methyl sites for hydroxylation is 1. The molecule has 2 aromatic rings. The van der Waals surface area contributed by atoms with Crippen molar-refractivity contribution in [2.75, 3.05) is 0 Å². The fraction of sp³-hybridized carbons (Fsp3) is 0.458. The molecule has 0 bridgehead atoms. The molecule has 1 fully saturated rings. The van der Waals surface area contributed by atoms with E-state index in [1.54, 1.807) is 0 Å². The Morgan fingerprint density at radius 3 is 2.00 bits per heavy atom. The first-order chi connectivity index (χ1) is 12.3. The maximum atomic E-state index is 9.04. The molecule has 1 heteroatoms. The van der Waals surface area contributed by atoms with Crippen molar-refractivity contribution in [3.05, 3.63) is 59.7 Å². The van der Waals surface area contributed by atoms with Gasteiger partial charge in [-0.25, -0.2) is 0 Å². The van der Waals surface area contributed by atoms with E-state index in [0.717, 1.165) is 25.7 Å². The fourth-order valence-corrected chi connectivity index (χ4v) is 3.95. The van der Waals surface area contributed by atoms with Gasteiger partial charge in [-0.15, -0.1) is 0 Å². The van der Waals surface area contributed by atoms with Crippen molar-refractivity contribution in [2.45, 2.75) is 64.2 Å². The molecule has 1 nitrogen and oxygen atoms in total. The molecule has 130 valence electrons. The van der Waals surface area contributed by atoms with E-state index in [1.807, 2.05) is 0 Å². The van der Waals surface area contributed by atoms with Crippen LogP contribution in [0.1, 0.15) is 68.9 Å². The molecule has 0 atom stereocenters. The van der Waals surface area contributed by atoms with Gasteiger partial charge in [0.05, 0.1) is 6.07 Å². The highest BCUT2D eigenvalue weighted by Gasteiger charge is 2.21. The third-order valence-corrected chi connectivity index (χ3v) is 5.65. The van der Waals surface area contributed by atoms with Gasteiger partial charge in [-0.2, -0.15) is 5.26 Å². The summed E-state index contributed by atoms with van der Waals surface area (Å²) in [6.07, 6.45) is 9.51. The predicted molar refractivity (Wildman–Crippen MR) is 105 cm³/mol. The quantitative estimate of drug-likeness (QED) is 0.529. The summed E-state index contributed by atoms with van der Waals surface area (Å²) >= 11 is 0. The maximum absolute atomic E-state index is 9.04. The zero-order valence-corrected chi connectivity index (χ0v) is 15.4. The standard InChI is InChI=1S/C24H29N/c1-2-3-4-5-19-6-10-21(11-7-19)23-14-16-24(17-15-23)22-12-8-20(18-25)9-13-22/h6-7,10-11,14-17,20,22H,2-5,8-9,12-13H2,1H3. The van der Waals surface area contributed by atoms with Crippen LogP contribution in [-0.4, -0.2) is 0 Å². The van der Waals surface area contributed by atoms with E-state index in [4.69, 9.17) is 5.26 Å². The van der Waals surface area contributed by atoms with E-state index in [9.17, 15) is 0 Å². The van der Waals surface area contributed by atoms with Crippen LogP contribution in [0.4, 0.5) is 0 Å².